The van der Waals surface area contributed by atoms with Crippen LogP contribution in [0.4, 0.5) is 10.7 Å². The molecule has 0 atom stereocenters. The zero-order valence-corrected chi connectivity index (χ0v) is 16.4. The van der Waals surface area contributed by atoms with Gasteiger partial charge in [-0.15, -0.1) is 11.3 Å². The standard InChI is InChI=1S/C22H21N3O2S/c1-14-6-4-8-16(12-14)24-21(27)19-17-9-2-3-10-18(17)28-22(19)25-20(26)15-7-5-11-23-13-15/h4-8,11-13H,2-3,9-10H2,1H3,(H,24,27)(H,25,26). The number of benzene rings is 1. The van der Waals surface area contributed by atoms with Crippen LogP contribution in [0.25, 0.3) is 0 Å². The molecule has 0 radical (unpaired) electrons. The molecule has 28 heavy (non-hydrogen) atoms. The van der Waals surface area contributed by atoms with Crippen LogP contribution in [0.2, 0.25) is 0 Å². The van der Waals surface area contributed by atoms with Crippen molar-refractivity contribution in [3.63, 3.8) is 0 Å². The molecular formula is C22H21N3O2S. The van der Waals surface area contributed by atoms with Crippen LogP contribution in [0.1, 0.15) is 49.6 Å². The Morgan fingerprint density at radius 3 is 2.68 bits per heavy atom. The van der Waals surface area contributed by atoms with Crippen LogP contribution in [0.3, 0.4) is 0 Å². The number of fused-ring (bicyclic) bond motifs is 1. The fourth-order valence-corrected chi connectivity index (χ4v) is 4.76. The number of rotatable bonds is 4. The van der Waals surface area contributed by atoms with E-state index in [0.717, 1.165) is 42.5 Å². The lowest BCUT2D eigenvalue weighted by Gasteiger charge is -2.13. The van der Waals surface area contributed by atoms with Gasteiger partial charge in [0.25, 0.3) is 11.8 Å². The van der Waals surface area contributed by atoms with Gasteiger partial charge in [-0.1, -0.05) is 12.1 Å². The summed E-state index contributed by atoms with van der Waals surface area (Å²) in [6.45, 7) is 1.99. The lowest BCUT2D eigenvalue weighted by atomic mass is 9.95. The minimum absolute atomic E-state index is 0.175. The number of carbonyl (C=O) groups is 2. The average molecular weight is 391 g/mol. The van der Waals surface area contributed by atoms with Gasteiger partial charge in [0.1, 0.15) is 5.00 Å². The zero-order valence-electron chi connectivity index (χ0n) is 15.6. The maximum absolute atomic E-state index is 13.1. The van der Waals surface area contributed by atoms with Crippen molar-refractivity contribution >= 4 is 33.8 Å². The second-order valence-electron chi connectivity index (χ2n) is 6.93. The predicted molar refractivity (Wildman–Crippen MR) is 112 cm³/mol. The molecule has 2 N–H and O–H groups in total. The van der Waals surface area contributed by atoms with Crippen molar-refractivity contribution in [2.75, 3.05) is 10.6 Å². The average Bonchev–Trinajstić information content (AvgIpc) is 3.06. The quantitative estimate of drug-likeness (QED) is 0.669. The van der Waals surface area contributed by atoms with Gasteiger partial charge in [-0.3, -0.25) is 14.6 Å². The maximum atomic E-state index is 13.1. The van der Waals surface area contributed by atoms with Crippen molar-refractivity contribution in [3.8, 4) is 0 Å². The van der Waals surface area contributed by atoms with E-state index in [-0.39, 0.29) is 11.8 Å². The predicted octanol–water partition coefficient (Wildman–Crippen LogP) is 4.83. The highest BCUT2D eigenvalue weighted by Crippen LogP contribution is 2.38. The number of thiophene rings is 1. The Kier molecular flexibility index (Phi) is 5.21. The van der Waals surface area contributed by atoms with E-state index in [4.69, 9.17) is 0 Å². The van der Waals surface area contributed by atoms with Crippen LogP contribution >= 0.6 is 11.3 Å². The van der Waals surface area contributed by atoms with Crippen LogP contribution in [0, 0.1) is 6.92 Å². The molecule has 0 saturated carbocycles. The van der Waals surface area contributed by atoms with Gasteiger partial charge in [0.05, 0.1) is 11.1 Å². The summed E-state index contributed by atoms with van der Waals surface area (Å²) in [5.74, 6) is -0.428. The second-order valence-corrected chi connectivity index (χ2v) is 8.04. The molecule has 6 heteroatoms. The summed E-state index contributed by atoms with van der Waals surface area (Å²) in [6, 6.07) is 11.1. The van der Waals surface area contributed by atoms with Crippen LogP contribution in [0.15, 0.2) is 48.8 Å². The van der Waals surface area contributed by atoms with Crippen LogP contribution in [0.5, 0.6) is 0 Å². The lowest BCUT2D eigenvalue weighted by molar-refractivity contribution is 0.102. The van der Waals surface area contributed by atoms with Crippen molar-refractivity contribution in [2.24, 2.45) is 0 Å². The van der Waals surface area contributed by atoms with E-state index in [0.29, 0.717) is 16.1 Å². The van der Waals surface area contributed by atoms with Crippen LogP contribution in [-0.4, -0.2) is 16.8 Å². The molecule has 0 bridgehead atoms. The van der Waals surface area contributed by atoms with Gasteiger partial charge in [0.2, 0.25) is 0 Å². The Morgan fingerprint density at radius 1 is 1.04 bits per heavy atom. The SMILES string of the molecule is Cc1cccc(NC(=O)c2c(NC(=O)c3cccnc3)sc3c2CCCC3)c1. The van der Waals surface area contributed by atoms with Crippen LogP contribution < -0.4 is 10.6 Å². The molecule has 2 aromatic heterocycles. The Hall–Kier alpha value is -2.99. The van der Waals surface area contributed by atoms with Gasteiger partial charge >= 0.3 is 0 Å². The molecule has 0 spiro atoms. The number of carbonyl (C=O) groups excluding carboxylic acids is 2. The first kappa shape index (κ1) is 18.4. The van der Waals surface area contributed by atoms with E-state index in [1.54, 1.807) is 18.3 Å². The molecule has 5 nitrogen and oxygen atoms in total. The number of anilines is 2. The molecule has 3 aromatic rings. The number of nitrogens with one attached hydrogen (secondary N) is 2. The summed E-state index contributed by atoms with van der Waals surface area (Å²) in [5, 5.41) is 6.55. The minimum atomic E-state index is -0.253. The molecule has 4 rings (SSSR count). The van der Waals surface area contributed by atoms with Gasteiger partial charge in [-0.05, 0) is 68.0 Å². The van der Waals surface area contributed by atoms with Crippen molar-refractivity contribution in [2.45, 2.75) is 32.6 Å². The minimum Gasteiger partial charge on any atom is -0.322 e. The van der Waals surface area contributed by atoms with Crippen molar-refractivity contribution in [3.05, 3.63) is 75.9 Å². The summed E-state index contributed by atoms with van der Waals surface area (Å²) >= 11 is 1.51. The van der Waals surface area contributed by atoms with Crippen LogP contribution in [-0.2, 0) is 12.8 Å². The first-order valence-electron chi connectivity index (χ1n) is 9.36. The Labute approximate surface area is 167 Å². The molecule has 142 valence electrons. The molecule has 1 aliphatic rings. The summed E-state index contributed by atoms with van der Waals surface area (Å²) in [6.07, 6.45) is 7.14. The number of aromatic nitrogens is 1. The molecule has 0 unspecified atom stereocenters. The van der Waals surface area contributed by atoms with E-state index < -0.39 is 0 Å². The number of hydrogen-bond acceptors (Lipinski definition) is 4. The largest absolute Gasteiger partial charge is 0.322 e. The van der Waals surface area contributed by atoms with Gasteiger partial charge in [0.15, 0.2) is 0 Å². The molecule has 2 heterocycles. The summed E-state index contributed by atoms with van der Waals surface area (Å²) in [7, 11) is 0. The number of hydrogen-bond donors (Lipinski definition) is 2. The second kappa shape index (κ2) is 7.94. The van der Waals surface area contributed by atoms with E-state index in [1.165, 1.54) is 22.4 Å². The molecule has 1 aliphatic carbocycles. The number of pyridine rings is 1. The number of aryl methyl sites for hydroxylation is 2. The lowest BCUT2D eigenvalue weighted by Crippen LogP contribution is -2.18. The monoisotopic (exact) mass is 391 g/mol. The first-order valence-corrected chi connectivity index (χ1v) is 10.2. The Balaban J connectivity index is 1.66. The molecule has 0 fully saturated rings. The van der Waals surface area contributed by atoms with Crippen molar-refractivity contribution < 1.29 is 9.59 Å². The maximum Gasteiger partial charge on any atom is 0.258 e. The molecule has 1 aromatic carbocycles. The zero-order chi connectivity index (χ0) is 19.5. The van der Waals surface area contributed by atoms with Crippen molar-refractivity contribution in [1.29, 1.82) is 0 Å². The summed E-state index contributed by atoms with van der Waals surface area (Å²) in [4.78, 5) is 31.0. The van der Waals surface area contributed by atoms with Gasteiger partial charge in [-0.25, -0.2) is 0 Å². The normalized spacial score (nSPS) is 12.9. The van der Waals surface area contributed by atoms with Crippen molar-refractivity contribution in [1.82, 2.24) is 4.98 Å². The van der Waals surface area contributed by atoms with E-state index in [9.17, 15) is 9.59 Å². The Morgan fingerprint density at radius 2 is 1.89 bits per heavy atom. The fourth-order valence-electron chi connectivity index (χ4n) is 3.48. The summed E-state index contributed by atoms with van der Waals surface area (Å²) in [5.41, 5.74) is 3.97. The highest BCUT2D eigenvalue weighted by molar-refractivity contribution is 7.17. The number of nitrogens with zero attached hydrogens (tertiary/aromatic N) is 1. The molecule has 2 amide bonds. The van der Waals surface area contributed by atoms with Gasteiger partial charge in [0, 0.05) is 23.0 Å². The van der Waals surface area contributed by atoms with E-state index >= 15 is 0 Å². The molecular weight excluding hydrogens is 370 g/mol. The third-order valence-electron chi connectivity index (χ3n) is 4.83. The third kappa shape index (κ3) is 3.82. The third-order valence-corrected chi connectivity index (χ3v) is 6.03. The highest BCUT2D eigenvalue weighted by atomic mass is 32.1. The van der Waals surface area contributed by atoms with E-state index in [2.05, 4.69) is 15.6 Å². The van der Waals surface area contributed by atoms with Gasteiger partial charge in [-0.2, -0.15) is 0 Å². The van der Waals surface area contributed by atoms with Gasteiger partial charge < -0.3 is 10.6 Å². The highest BCUT2D eigenvalue weighted by Gasteiger charge is 2.26. The Bertz CT molecular complexity index is 1030. The fraction of sp³-hybridized carbons (Fsp3) is 0.227. The number of amides is 2. The molecule has 0 aliphatic heterocycles. The topological polar surface area (TPSA) is 71.1 Å². The molecule has 0 saturated heterocycles. The first-order chi connectivity index (χ1) is 13.6. The summed E-state index contributed by atoms with van der Waals surface area (Å²) < 4.78 is 0. The smallest absolute Gasteiger partial charge is 0.258 e. The van der Waals surface area contributed by atoms with E-state index in [1.807, 2.05) is 31.2 Å².